The largest absolute Gasteiger partial charge is 0.444 e. The summed E-state index contributed by atoms with van der Waals surface area (Å²) >= 11 is 0. The molecule has 4 nitrogen and oxygen atoms in total. The van der Waals surface area contributed by atoms with E-state index in [0.29, 0.717) is 11.9 Å². The molecule has 106 valence electrons. The van der Waals surface area contributed by atoms with Crippen molar-refractivity contribution in [3.8, 4) is 11.5 Å². The molecular weight excluding hydrogens is 250 g/mol. The van der Waals surface area contributed by atoms with Crippen LogP contribution in [0.4, 0.5) is 0 Å². The zero-order valence-electron chi connectivity index (χ0n) is 12.1. The second kappa shape index (κ2) is 5.77. The van der Waals surface area contributed by atoms with E-state index in [-0.39, 0.29) is 0 Å². The molecule has 1 fully saturated rings. The number of oxazole rings is 1. The van der Waals surface area contributed by atoms with Crippen molar-refractivity contribution in [3.05, 3.63) is 41.8 Å². The van der Waals surface area contributed by atoms with Gasteiger partial charge < -0.3 is 9.73 Å². The average Bonchev–Trinajstić information content (AvgIpc) is 2.88. The fourth-order valence-electron chi connectivity index (χ4n) is 2.59. The van der Waals surface area contributed by atoms with Crippen LogP contribution in [-0.4, -0.2) is 35.6 Å². The highest BCUT2D eigenvalue weighted by atomic mass is 16.3. The molecule has 3 rings (SSSR count). The Balaban J connectivity index is 1.69. The van der Waals surface area contributed by atoms with Gasteiger partial charge >= 0.3 is 0 Å². The second-order valence-corrected chi connectivity index (χ2v) is 5.60. The number of hydrogen-bond acceptors (Lipinski definition) is 4. The van der Waals surface area contributed by atoms with Gasteiger partial charge in [-0.2, -0.15) is 0 Å². The van der Waals surface area contributed by atoms with E-state index in [2.05, 4.69) is 53.3 Å². The van der Waals surface area contributed by atoms with Gasteiger partial charge in [0.2, 0.25) is 5.89 Å². The minimum atomic E-state index is 0.548. The molecule has 1 atom stereocenters. The van der Waals surface area contributed by atoms with Gasteiger partial charge in [-0.1, -0.05) is 17.7 Å². The third-order valence-electron chi connectivity index (χ3n) is 3.69. The molecule has 1 aliphatic rings. The lowest BCUT2D eigenvalue weighted by molar-refractivity contribution is 0.197. The van der Waals surface area contributed by atoms with Gasteiger partial charge in [0.05, 0.1) is 5.69 Å². The molecule has 1 saturated heterocycles. The first-order valence-corrected chi connectivity index (χ1v) is 7.18. The smallest absolute Gasteiger partial charge is 0.226 e. The maximum absolute atomic E-state index is 5.61. The van der Waals surface area contributed by atoms with Gasteiger partial charge in [0, 0.05) is 37.8 Å². The average molecular weight is 271 g/mol. The molecule has 1 aromatic heterocycles. The van der Waals surface area contributed by atoms with E-state index < -0.39 is 0 Å². The molecule has 1 unspecified atom stereocenters. The van der Waals surface area contributed by atoms with Crippen LogP contribution in [0.15, 0.2) is 34.9 Å². The molecule has 0 aliphatic carbocycles. The Kier molecular flexibility index (Phi) is 3.85. The monoisotopic (exact) mass is 271 g/mol. The van der Waals surface area contributed by atoms with Crippen molar-refractivity contribution in [3.63, 3.8) is 0 Å². The van der Waals surface area contributed by atoms with Crippen LogP contribution in [0.3, 0.4) is 0 Å². The predicted molar refractivity (Wildman–Crippen MR) is 79.4 cm³/mol. The second-order valence-electron chi connectivity index (χ2n) is 5.60. The molecule has 2 aromatic rings. The number of piperazine rings is 1. The summed E-state index contributed by atoms with van der Waals surface area (Å²) in [4.78, 5) is 7.02. The Morgan fingerprint density at radius 3 is 2.90 bits per heavy atom. The molecule has 1 N–H and O–H groups in total. The van der Waals surface area contributed by atoms with Crippen molar-refractivity contribution in [2.75, 3.05) is 19.6 Å². The fourth-order valence-corrected chi connectivity index (χ4v) is 2.59. The summed E-state index contributed by atoms with van der Waals surface area (Å²) in [5, 5.41) is 3.45. The molecule has 4 heteroatoms. The Morgan fingerprint density at radius 2 is 2.15 bits per heavy atom. The fraction of sp³-hybridized carbons (Fsp3) is 0.438. The van der Waals surface area contributed by atoms with Crippen LogP contribution in [0.1, 0.15) is 18.2 Å². The molecule has 0 radical (unpaired) electrons. The number of hydrogen-bond donors (Lipinski definition) is 1. The van der Waals surface area contributed by atoms with Crippen LogP contribution >= 0.6 is 0 Å². The highest BCUT2D eigenvalue weighted by Crippen LogP contribution is 2.19. The first-order valence-electron chi connectivity index (χ1n) is 7.18. The molecule has 0 saturated carbocycles. The Morgan fingerprint density at radius 1 is 1.35 bits per heavy atom. The molecule has 20 heavy (non-hydrogen) atoms. The maximum atomic E-state index is 5.61. The normalized spacial score (nSPS) is 20.2. The molecule has 0 amide bonds. The van der Waals surface area contributed by atoms with Gasteiger partial charge in [-0.05, 0) is 26.0 Å². The summed E-state index contributed by atoms with van der Waals surface area (Å²) in [6.07, 6.45) is 1.78. The van der Waals surface area contributed by atoms with Crippen molar-refractivity contribution in [1.29, 1.82) is 0 Å². The lowest BCUT2D eigenvalue weighted by Gasteiger charge is -2.31. The third kappa shape index (κ3) is 3.08. The number of nitrogens with zero attached hydrogens (tertiary/aromatic N) is 2. The van der Waals surface area contributed by atoms with E-state index in [9.17, 15) is 0 Å². The summed E-state index contributed by atoms with van der Waals surface area (Å²) in [6.45, 7) is 8.33. The van der Waals surface area contributed by atoms with Crippen LogP contribution in [-0.2, 0) is 6.54 Å². The van der Waals surface area contributed by atoms with Gasteiger partial charge in [0.15, 0.2) is 0 Å². The van der Waals surface area contributed by atoms with Crippen LogP contribution in [0.2, 0.25) is 0 Å². The highest BCUT2D eigenvalue weighted by molar-refractivity contribution is 5.53. The maximum Gasteiger partial charge on any atom is 0.226 e. The van der Waals surface area contributed by atoms with Crippen LogP contribution in [0, 0.1) is 6.92 Å². The molecule has 0 bridgehead atoms. The molecule has 1 aliphatic heterocycles. The predicted octanol–water partition coefficient (Wildman–Crippen LogP) is 2.44. The van der Waals surface area contributed by atoms with Gasteiger partial charge in [0.25, 0.3) is 0 Å². The number of nitrogens with one attached hydrogen (secondary N) is 1. The standard InChI is InChI=1S/C16H21N3O/c1-12-3-5-14(6-4-12)16-18-15(11-20-16)10-19-8-7-17-13(2)9-19/h3-6,11,13,17H,7-10H2,1-2H3. The zero-order valence-corrected chi connectivity index (χ0v) is 12.1. The van der Waals surface area contributed by atoms with E-state index in [1.54, 1.807) is 6.26 Å². The Labute approximate surface area is 119 Å². The zero-order chi connectivity index (χ0) is 13.9. The lowest BCUT2D eigenvalue weighted by Crippen LogP contribution is -2.48. The summed E-state index contributed by atoms with van der Waals surface area (Å²) in [7, 11) is 0. The van der Waals surface area contributed by atoms with Crippen LogP contribution in [0.25, 0.3) is 11.5 Å². The number of rotatable bonds is 3. The minimum Gasteiger partial charge on any atom is -0.444 e. The summed E-state index contributed by atoms with van der Waals surface area (Å²) in [6, 6.07) is 8.82. The SMILES string of the molecule is Cc1ccc(-c2nc(CN3CCNC(C)C3)co2)cc1. The van der Waals surface area contributed by atoms with E-state index in [0.717, 1.165) is 37.4 Å². The Hall–Kier alpha value is -1.65. The molecule has 0 spiro atoms. The molecular formula is C16H21N3O. The van der Waals surface area contributed by atoms with Crippen LogP contribution < -0.4 is 5.32 Å². The topological polar surface area (TPSA) is 41.3 Å². The van der Waals surface area contributed by atoms with E-state index >= 15 is 0 Å². The molecule has 2 heterocycles. The number of aromatic nitrogens is 1. The van der Waals surface area contributed by atoms with Gasteiger partial charge in [-0.3, -0.25) is 4.90 Å². The minimum absolute atomic E-state index is 0.548. The lowest BCUT2D eigenvalue weighted by atomic mass is 10.1. The van der Waals surface area contributed by atoms with Gasteiger partial charge in [-0.25, -0.2) is 4.98 Å². The summed E-state index contributed by atoms with van der Waals surface area (Å²) in [5.74, 6) is 0.711. The summed E-state index contributed by atoms with van der Waals surface area (Å²) in [5.41, 5.74) is 3.29. The van der Waals surface area contributed by atoms with E-state index in [4.69, 9.17) is 4.42 Å². The first kappa shape index (κ1) is 13.3. The number of aryl methyl sites for hydroxylation is 1. The van der Waals surface area contributed by atoms with Crippen molar-refractivity contribution in [2.24, 2.45) is 0 Å². The van der Waals surface area contributed by atoms with Crippen LogP contribution in [0.5, 0.6) is 0 Å². The van der Waals surface area contributed by atoms with Crippen molar-refractivity contribution in [2.45, 2.75) is 26.4 Å². The quantitative estimate of drug-likeness (QED) is 0.931. The molecule has 1 aromatic carbocycles. The van der Waals surface area contributed by atoms with Crippen molar-refractivity contribution in [1.82, 2.24) is 15.2 Å². The van der Waals surface area contributed by atoms with E-state index in [1.165, 1.54) is 5.56 Å². The highest BCUT2D eigenvalue weighted by Gasteiger charge is 2.17. The van der Waals surface area contributed by atoms with E-state index in [1.807, 2.05) is 0 Å². The Bertz CT molecular complexity index is 561. The number of benzene rings is 1. The third-order valence-corrected chi connectivity index (χ3v) is 3.69. The van der Waals surface area contributed by atoms with Crippen molar-refractivity contribution >= 4 is 0 Å². The van der Waals surface area contributed by atoms with Gasteiger partial charge in [0.1, 0.15) is 6.26 Å². The van der Waals surface area contributed by atoms with Gasteiger partial charge in [-0.15, -0.1) is 0 Å². The summed E-state index contributed by atoms with van der Waals surface area (Å²) < 4.78 is 5.61. The first-order chi connectivity index (χ1) is 9.70. The van der Waals surface area contributed by atoms with Crippen molar-refractivity contribution < 1.29 is 4.42 Å².